The van der Waals surface area contributed by atoms with Gasteiger partial charge < -0.3 is 15.8 Å². The molecule has 0 bridgehead atoms. The van der Waals surface area contributed by atoms with E-state index in [0.29, 0.717) is 25.3 Å². The Morgan fingerprint density at radius 2 is 2.05 bits per heavy atom. The fraction of sp³-hybridized carbons (Fsp3) is 0.533. The first-order valence-electron chi connectivity index (χ1n) is 6.90. The van der Waals surface area contributed by atoms with Crippen LogP contribution in [0.4, 0.5) is 0 Å². The summed E-state index contributed by atoms with van der Waals surface area (Å²) in [5.74, 6) is 0.749. The van der Waals surface area contributed by atoms with Crippen molar-refractivity contribution in [2.75, 3.05) is 19.7 Å². The van der Waals surface area contributed by atoms with Gasteiger partial charge in [0.25, 0.3) is 5.91 Å². The van der Waals surface area contributed by atoms with Crippen molar-refractivity contribution in [3.63, 3.8) is 0 Å². The Morgan fingerprint density at radius 3 is 2.53 bits per heavy atom. The fourth-order valence-electron chi connectivity index (χ4n) is 2.37. The van der Waals surface area contributed by atoms with E-state index < -0.39 is 0 Å². The predicted octanol–water partition coefficient (Wildman–Crippen LogP) is 1.94. The van der Waals surface area contributed by atoms with E-state index in [1.807, 2.05) is 19.1 Å². The van der Waals surface area contributed by atoms with E-state index in [4.69, 9.17) is 10.5 Å². The molecule has 0 aromatic heterocycles. The molecule has 19 heavy (non-hydrogen) atoms. The summed E-state index contributed by atoms with van der Waals surface area (Å²) in [6.07, 6.45) is 3.45. The molecule has 4 nitrogen and oxygen atoms in total. The Labute approximate surface area is 114 Å². The first-order chi connectivity index (χ1) is 9.19. The van der Waals surface area contributed by atoms with Gasteiger partial charge in [-0.3, -0.25) is 4.79 Å². The molecule has 0 atom stereocenters. The molecule has 1 aromatic carbocycles. The molecule has 1 fully saturated rings. The van der Waals surface area contributed by atoms with E-state index in [1.165, 1.54) is 6.42 Å². The molecule has 0 aliphatic heterocycles. The number of nitrogens with one attached hydrogen (secondary N) is 1. The van der Waals surface area contributed by atoms with Crippen LogP contribution in [0.25, 0.3) is 0 Å². The number of hydrogen-bond acceptors (Lipinski definition) is 3. The van der Waals surface area contributed by atoms with Crippen molar-refractivity contribution in [2.24, 2.45) is 11.1 Å². The van der Waals surface area contributed by atoms with Crippen molar-refractivity contribution in [2.45, 2.75) is 26.2 Å². The van der Waals surface area contributed by atoms with Gasteiger partial charge in [0.15, 0.2) is 0 Å². The van der Waals surface area contributed by atoms with Gasteiger partial charge in [-0.2, -0.15) is 0 Å². The maximum atomic E-state index is 12.0. The zero-order chi connectivity index (χ0) is 13.7. The molecule has 2 rings (SSSR count). The Kier molecular flexibility index (Phi) is 4.43. The van der Waals surface area contributed by atoms with Crippen LogP contribution in [0.2, 0.25) is 0 Å². The van der Waals surface area contributed by atoms with Gasteiger partial charge in [0, 0.05) is 12.1 Å². The maximum absolute atomic E-state index is 12.0. The summed E-state index contributed by atoms with van der Waals surface area (Å²) in [5.41, 5.74) is 6.58. The number of rotatable bonds is 6. The van der Waals surface area contributed by atoms with E-state index in [1.54, 1.807) is 12.1 Å². The first kappa shape index (κ1) is 13.9. The lowest BCUT2D eigenvalue weighted by Crippen LogP contribution is -2.46. The molecule has 0 saturated heterocycles. The number of amides is 1. The van der Waals surface area contributed by atoms with Crippen LogP contribution in [0.5, 0.6) is 5.75 Å². The zero-order valence-electron chi connectivity index (χ0n) is 11.4. The van der Waals surface area contributed by atoms with E-state index in [9.17, 15) is 4.79 Å². The summed E-state index contributed by atoms with van der Waals surface area (Å²) in [6.45, 7) is 3.89. The molecular weight excluding hydrogens is 240 g/mol. The molecule has 3 N–H and O–H groups in total. The molecule has 1 aromatic rings. The van der Waals surface area contributed by atoms with Crippen molar-refractivity contribution >= 4 is 5.91 Å². The summed E-state index contributed by atoms with van der Waals surface area (Å²) in [6, 6.07) is 7.22. The highest BCUT2D eigenvalue weighted by atomic mass is 16.5. The summed E-state index contributed by atoms with van der Waals surface area (Å²) in [4.78, 5) is 12.0. The minimum atomic E-state index is -0.0391. The third-order valence-corrected chi connectivity index (χ3v) is 3.90. The summed E-state index contributed by atoms with van der Waals surface area (Å²) >= 11 is 0. The lowest BCUT2D eigenvalue weighted by Gasteiger charge is -2.41. The largest absolute Gasteiger partial charge is 0.494 e. The van der Waals surface area contributed by atoms with Crippen LogP contribution in [0, 0.1) is 5.41 Å². The van der Waals surface area contributed by atoms with Gasteiger partial charge in [-0.15, -0.1) is 0 Å². The van der Waals surface area contributed by atoms with Crippen molar-refractivity contribution < 1.29 is 9.53 Å². The normalized spacial score (nSPS) is 16.5. The topological polar surface area (TPSA) is 64.3 Å². The van der Waals surface area contributed by atoms with Crippen molar-refractivity contribution in [3.05, 3.63) is 29.8 Å². The van der Waals surface area contributed by atoms with E-state index in [0.717, 1.165) is 18.6 Å². The van der Waals surface area contributed by atoms with E-state index in [-0.39, 0.29) is 11.3 Å². The predicted molar refractivity (Wildman–Crippen MR) is 75.3 cm³/mol. The smallest absolute Gasteiger partial charge is 0.251 e. The summed E-state index contributed by atoms with van der Waals surface area (Å²) in [5, 5.41) is 2.98. The molecule has 4 heteroatoms. The van der Waals surface area contributed by atoms with E-state index >= 15 is 0 Å². The third kappa shape index (κ3) is 3.26. The molecule has 0 radical (unpaired) electrons. The standard InChI is InChI=1S/C15H22N2O2/c1-2-19-13-6-4-12(5-7-13)14(18)17-11-15(10-16)8-3-9-15/h4-7H,2-3,8-11,16H2,1H3,(H,17,18). The minimum absolute atomic E-state index is 0.0391. The van der Waals surface area contributed by atoms with Crippen molar-refractivity contribution in [1.82, 2.24) is 5.32 Å². The minimum Gasteiger partial charge on any atom is -0.494 e. The molecule has 0 heterocycles. The quantitative estimate of drug-likeness (QED) is 0.823. The molecular formula is C15H22N2O2. The van der Waals surface area contributed by atoms with Crippen LogP contribution < -0.4 is 15.8 Å². The van der Waals surface area contributed by atoms with Gasteiger partial charge in [0.05, 0.1) is 6.61 Å². The molecule has 0 unspecified atom stereocenters. The number of ether oxygens (including phenoxy) is 1. The number of nitrogens with two attached hydrogens (primary N) is 1. The molecule has 1 saturated carbocycles. The van der Waals surface area contributed by atoms with Crippen LogP contribution in [-0.4, -0.2) is 25.6 Å². The average Bonchev–Trinajstić information content (AvgIpc) is 2.39. The number of benzene rings is 1. The van der Waals surface area contributed by atoms with Gasteiger partial charge in [-0.25, -0.2) is 0 Å². The summed E-state index contributed by atoms with van der Waals surface area (Å²) in [7, 11) is 0. The second-order valence-corrected chi connectivity index (χ2v) is 5.20. The van der Waals surface area contributed by atoms with Crippen LogP contribution in [0.15, 0.2) is 24.3 Å². The summed E-state index contributed by atoms with van der Waals surface area (Å²) < 4.78 is 5.35. The van der Waals surface area contributed by atoms with Crippen molar-refractivity contribution in [3.8, 4) is 5.75 Å². The number of carbonyl (C=O) groups excluding carboxylic acids is 1. The monoisotopic (exact) mass is 262 g/mol. The Morgan fingerprint density at radius 1 is 1.37 bits per heavy atom. The molecule has 1 aliphatic carbocycles. The van der Waals surface area contributed by atoms with Crippen molar-refractivity contribution in [1.29, 1.82) is 0 Å². The Bertz CT molecular complexity index is 419. The number of hydrogen-bond donors (Lipinski definition) is 2. The van der Waals surface area contributed by atoms with Crippen LogP contribution in [0.3, 0.4) is 0 Å². The average molecular weight is 262 g/mol. The lowest BCUT2D eigenvalue weighted by atomic mass is 9.69. The van der Waals surface area contributed by atoms with Gasteiger partial charge in [0.1, 0.15) is 5.75 Å². The van der Waals surface area contributed by atoms with Gasteiger partial charge in [-0.05, 0) is 56.0 Å². The lowest BCUT2D eigenvalue weighted by molar-refractivity contribution is 0.0876. The molecule has 1 aliphatic rings. The van der Waals surface area contributed by atoms with Gasteiger partial charge in [0.2, 0.25) is 0 Å². The van der Waals surface area contributed by atoms with Gasteiger partial charge in [-0.1, -0.05) is 6.42 Å². The second-order valence-electron chi connectivity index (χ2n) is 5.20. The first-order valence-corrected chi connectivity index (χ1v) is 6.90. The zero-order valence-corrected chi connectivity index (χ0v) is 11.4. The Balaban J connectivity index is 1.89. The molecule has 1 amide bonds. The fourth-order valence-corrected chi connectivity index (χ4v) is 2.37. The molecule has 0 spiro atoms. The van der Waals surface area contributed by atoms with Crippen LogP contribution in [-0.2, 0) is 0 Å². The third-order valence-electron chi connectivity index (χ3n) is 3.90. The highest BCUT2D eigenvalue weighted by Gasteiger charge is 2.35. The Hall–Kier alpha value is -1.55. The second kappa shape index (κ2) is 6.06. The highest BCUT2D eigenvalue weighted by molar-refractivity contribution is 5.94. The van der Waals surface area contributed by atoms with Crippen LogP contribution in [0.1, 0.15) is 36.5 Å². The SMILES string of the molecule is CCOc1ccc(C(=O)NCC2(CN)CCC2)cc1. The van der Waals surface area contributed by atoms with E-state index in [2.05, 4.69) is 5.32 Å². The number of carbonyl (C=O) groups is 1. The maximum Gasteiger partial charge on any atom is 0.251 e. The van der Waals surface area contributed by atoms with Crippen LogP contribution >= 0.6 is 0 Å². The highest BCUT2D eigenvalue weighted by Crippen LogP contribution is 2.39. The molecule has 104 valence electrons. The van der Waals surface area contributed by atoms with Gasteiger partial charge >= 0.3 is 0 Å².